The molecular weight excluding hydrogens is 310 g/mol. The molecule has 0 amide bonds. The van der Waals surface area contributed by atoms with E-state index in [4.69, 9.17) is 11.6 Å². The summed E-state index contributed by atoms with van der Waals surface area (Å²) < 4.78 is 0.961. The quantitative estimate of drug-likeness (QED) is 0.728. The molecule has 0 spiro atoms. The van der Waals surface area contributed by atoms with Crippen molar-refractivity contribution in [2.45, 2.75) is 38.6 Å². The summed E-state index contributed by atoms with van der Waals surface area (Å²) in [6.45, 7) is 3.23. The van der Waals surface area contributed by atoms with Gasteiger partial charge in [0.2, 0.25) is 0 Å². The van der Waals surface area contributed by atoms with Crippen LogP contribution in [-0.4, -0.2) is 6.54 Å². The monoisotopic (exact) mass is 327 g/mol. The molecule has 0 saturated carbocycles. The van der Waals surface area contributed by atoms with E-state index in [-0.39, 0.29) is 0 Å². The molecule has 18 heavy (non-hydrogen) atoms. The molecule has 1 aliphatic rings. The van der Waals surface area contributed by atoms with Crippen LogP contribution in [-0.2, 0) is 0 Å². The van der Waals surface area contributed by atoms with Crippen molar-refractivity contribution in [3.05, 3.63) is 44.9 Å². The number of rotatable bonds is 5. The van der Waals surface area contributed by atoms with Crippen molar-refractivity contribution in [3.8, 4) is 0 Å². The molecule has 0 heterocycles. The highest BCUT2D eigenvalue weighted by atomic mass is 79.9. The smallest absolute Gasteiger partial charge is 0.0551 e. The molecule has 1 N–H and O–H groups in total. The Morgan fingerprint density at radius 3 is 2.89 bits per heavy atom. The molecular formula is C15H19BrClN. The van der Waals surface area contributed by atoms with Crippen molar-refractivity contribution in [3.63, 3.8) is 0 Å². The fourth-order valence-corrected chi connectivity index (χ4v) is 2.84. The largest absolute Gasteiger partial charge is 0.307 e. The van der Waals surface area contributed by atoms with Crippen LogP contribution >= 0.6 is 27.5 Å². The Morgan fingerprint density at radius 1 is 1.44 bits per heavy atom. The van der Waals surface area contributed by atoms with E-state index in [9.17, 15) is 0 Å². The van der Waals surface area contributed by atoms with Crippen molar-refractivity contribution >= 4 is 27.5 Å². The molecule has 98 valence electrons. The number of allylic oxidation sites excluding steroid dienone is 1. The maximum atomic E-state index is 6.20. The summed E-state index contributed by atoms with van der Waals surface area (Å²) in [5, 5.41) is 4.42. The molecule has 0 radical (unpaired) electrons. The van der Waals surface area contributed by atoms with Gasteiger partial charge in [0.25, 0.3) is 0 Å². The van der Waals surface area contributed by atoms with Crippen LogP contribution in [0.3, 0.4) is 0 Å². The summed E-state index contributed by atoms with van der Waals surface area (Å²) in [6, 6.07) is 6.59. The first kappa shape index (κ1) is 14.1. The number of nitrogens with one attached hydrogen (secondary N) is 1. The Bertz CT molecular complexity index is 442. The first-order chi connectivity index (χ1) is 8.72. The summed E-state index contributed by atoms with van der Waals surface area (Å²) >= 11 is 9.65. The van der Waals surface area contributed by atoms with Gasteiger partial charge in [0.15, 0.2) is 0 Å². The van der Waals surface area contributed by atoms with Gasteiger partial charge in [0.05, 0.1) is 11.1 Å². The van der Waals surface area contributed by atoms with Crippen molar-refractivity contribution < 1.29 is 0 Å². The minimum Gasteiger partial charge on any atom is -0.307 e. The molecule has 1 aliphatic carbocycles. The Hall–Kier alpha value is -0.310. The lowest BCUT2D eigenvalue weighted by molar-refractivity contribution is 0.578. The molecule has 1 aromatic rings. The van der Waals surface area contributed by atoms with Gasteiger partial charge < -0.3 is 5.32 Å². The zero-order valence-corrected chi connectivity index (χ0v) is 13.0. The Morgan fingerprint density at radius 2 is 2.28 bits per heavy atom. The van der Waals surface area contributed by atoms with E-state index >= 15 is 0 Å². The first-order valence-electron chi connectivity index (χ1n) is 6.59. The Labute approximate surface area is 123 Å². The van der Waals surface area contributed by atoms with Crippen LogP contribution in [0.5, 0.6) is 0 Å². The predicted molar refractivity (Wildman–Crippen MR) is 82.1 cm³/mol. The third-order valence-electron chi connectivity index (χ3n) is 3.32. The summed E-state index contributed by atoms with van der Waals surface area (Å²) in [5.41, 5.74) is 2.78. The van der Waals surface area contributed by atoms with E-state index in [1.165, 1.54) is 30.4 Å². The maximum Gasteiger partial charge on any atom is 0.0551 e. The second-order valence-electron chi connectivity index (χ2n) is 4.73. The van der Waals surface area contributed by atoms with Gasteiger partial charge in [-0.2, -0.15) is 0 Å². The molecule has 0 fully saturated rings. The van der Waals surface area contributed by atoms with Gasteiger partial charge in [-0.15, -0.1) is 0 Å². The van der Waals surface area contributed by atoms with E-state index in [1.54, 1.807) is 0 Å². The third kappa shape index (κ3) is 3.37. The maximum absolute atomic E-state index is 6.20. The Kier molecular flexibility index (Phi) is 5.28. The second kappa shape index (κ2) is 6.74. The SMILES string of the molecule is CCCNC(C1=CCCC1)c1ccc(Br)c(Cl)c1. The molecule has 1 aromatic carbocycles. The molecule has 2 rings (SSSR count). The van der Waals surface area contributed by atoms with Crippen LogP contribution in [0, 0.1) is 0 Å². The summed E-state index contributed by atoms with van der Waals surface area (Å²) in [6.07, 6.45) is 7.22. The molecule has 0 aromatic heterocycles. The van der Waals surface area contributed by atoms with Gasteiger partial charge in [-0.3, -0.25) is 0 Å². The van der Waals surface area contributed by atoms with Crippen LogP contribution in [0.15, 0.2) is 34.3 Å². The summed E-state index contributed by atoms with van der Waals surface area (Å²) in [7, 11) is 0. The summed E-state index contributed by atoms with van der Waals surface area (Å²) in [5.74, 6) is 0. The van der Waals surface area contributed by atoms with Gasteiger partial charge in [0.1, 0.15) is 0 Å². The average Bonchev–Trinajstić information content (AvgIpc) is 2.88. The molecule has 1 nitrogen and oxygen atoms in total. The minimum absolute atomic E-state index is 0.332. The van der Waals surface area contributed by atoms with Crippen molar-refractivity contribution in [2.75, 3.05) is 6.54 Å². The van der Waals surface area contributed by atoms with Crippen molar-refractivity contribution in [1.82, 2.24) is 5.32 Å². The molecule has 3 heteroatoms. The predicted octanol–water partition coefficient (Wildman–Crippen LogP) is 5.25. The number of hydrogen-bond acceptors (Lipinski definition) is 1. The second-order valence-corrected chi connectivity index (χ2v) is 5.99. The molecule has 0 saturated heterocycles. The van der Waals surface area contributed by atoms with Crippen LogP contribution in [0.1, 0.15) is 44.2 Å². The third-order valence-corrected chi connectivity index (χ3v) is 4.55. The minimum atomic E-state index is 0.332. The van der Waals surface area contributed by atoms with Gasteiger partial charge >= 0.3 is 0 Å². The van der Waals surface area contributed by atoms with Crippen LogP contribution < -0.4 is 5.32 Å². The van der Waals surface area contributed by atoms with Gasteiger partial charge in [-0.05, 0) is 65.9 Å². The van der Waals surface area contributed by atoms with E-state index in [2.05, 4.69) is 46.4 Å². The van der Waals surface area contributed by atoms with Crippen molar-refractivity contribution in [2.24, 2.45) is 0 Å². The van der Waals surface area contributed by atoms with Gasteiger partial charge in [0, 0.05) is 4.47 Å². The fraction of sp³-hybridized carbons (Fsp3) is 0.467. The Balaban J connectivity index is 2.23. The van der Waals surface area contributed by atoms with E-state index in [0.29, 0.717) is 6.04 Å². The fourth-order valence-electron chi connectivity index (χ4n) is 2.40. The van der Waals surface area contributed by atoms with Gasteiger partial charge in [-0.25, -0.2) is 0 Å². The summed E-state index contributed by atoms with van der Waals surface area (Å²) in [4.78, 5) is 0. The molecule has 1 unspecified atom stereocenters. The lowest BCUT2D eigenvalue weighted by atomic mass is 9.98. The zero-order chi connectivity index (χ0) is 13.0. The number of hydrogen-bond donors (Lipinski definition) is 1. The van der Waals surface area contributed by atoms with Crippen LogP contribution in [0.4, 0.5) is 0 Å². The lowest BCUT2D eigenvalue weighted by Gasteiger charge is -2.21. The molecule has 1 atom stereocenters. The highest BCUT2D eigenvalue weighted by Gasteiger charge is 2.18. The lowest BCUT2D eigenvalue weighted by Crippen LogP contribution is -2.23. The molecule has 0 bridgehead atoms. The highest BCUT2D eigenvalue weighted by Crippen LogP contribution is 2.33. The zero-order valence-electron chi connectivity index (χ0n) is 10.7. The highest BCUT2D eigenvalue weighted by molar-refractivity contribution is 9.10. The average molecular weight is 329 g/mol. The van der Waals surface area contributed by atoms with E-state index in [1.807, 2.05) is 6.07 Å². The molecule has 0 aliphatic heterocycles. The number of benzene rings is 1. The van der Waals surface area contributed by atoms with E-state index < -0.39 is 0 Å². The standard InChI is InChI=1S/C15H19BrClN/c1-2-9-18-15(11-5-3-4-6-11)12-7-8-13(16)14(17)10-12/h5,7-8,10,15,18H,2-4,6,9H2,1H3. The first-order valence-corrected chi connectivity index (χ1v) is 7.76. The van der Waals surface area contributed by atoms with E-state index in [0.717, 1.165) is 22.5 Å². The van der Waals surface area contributed by atoms with Crippen LogP contribution in [0.25, 0.3) is 0 Å². The normalized spacial score (nSPS) is 16.7. The topological polar surface area (TPSA) is 12.0 Å². The van der Waals surface area contributed by atoms with Crippen LogP contribution in [0.2, 0.25) is 5.02 Å². The van der Waals surface area contributed by atoms with Gasteiger partial charge in [-0.1, -0.05) is 36.2 Å². The van der Waals surface area contributed by atoms with Crippen molar-refractivity contribution in [1.29, 1.82) is 0 Å². The number of halogens is 2.